The molecule has 0 amide bonds. The number of hydrogen-bond acceptors (Lipinski definition) is 4. The molecule has 0 bridgehead atoms. The van der Waals surface area contributed by atoms with E-state index in [9.17, 15) is 4.79 Å². The van der Waals surface area contributed by atoms with Crippen LogP contribution in [0.3, 0.4) is 0 Å². The van der Waals surface area contributed by atoms with Crippen LogP contribution in [-0.2, 0) is 4.79 Å². The van der Waals surface area contributed by atoms with Gasteiger partial charge in [-0.25, -0.2) is 0 Å². The fourth-order valence-electron chi connectivity index (χ4n) is 1.57. The first-order valence-electron chi connectivity index (χ1n) is 6.24. The van der Waals surface area contributed by atoms with Gasteiger partial charge in [0.05, 0.1) is 13.1 Å². The van der Waals surface area contributed by atoms with E-state index in [1.54, 1.807) is 0 Å². The van der Waals surface area contributed by atoms with Gasteiger partial charge >= 0.3 is 0 Å². The molecule has 0 aliphatic carbocycles. The summed E-state index contributed by atoms with van der Waals surface area (Å²) in [4.78, 5) is 16.1. The first kappa shape index (κ1) is 13.9. The van der Waals surface area contributed by atoms with Crippen molar-refractivity contribution < 1.29 is 4.79 Å². The van der Waals surface area contributed by atoms with E-state index in [1.807, 2.05) is 6.08 Å². The van der Waals surface area contributed by atoms with Crippen LogP contribution < -0.4 is 10.6 Å². The first-order valence-corrected chi connectivity index (χ1v) is 6.24. The molecule has 0 aromatic carbocycles. The summed E-state index contributed by atoms with van der Waals surface area (Å²) in [5, 5.41) is 6.36. The van der Waals surface area contributed by atoms with E-state index >= 15 is 0 Å². The molecule has 0 radical (unpaired) electrons. The van der Waals surface area contributed by atoms with Gasteiger partial charge in [0.2, 0.25) is 0 Å². The molecule has 0 aromatic heterocycles. The Labute approximate surface area is 104 Å². The monoisotopic (exact) mass is 237 g/mol. The van der Waals surface area contributed by atoms with Crippen LogP contribution in [0.1, 0.15) is 27.7 Å². The zero-order valence-corrected chi connectivity index (χ0v) is 11.2. The lowest BCUT2D eigenvalue weighted by Gasteiger charge is -2.07. The van der Waals surface area contributed by atoms with Crippen LogP contribution in [0.2, 0.25) is 0 Å². The van der Waals surface area contributed by atoms with Crippen molar-refractivity contribution in [1.82, 2.24) is 10.6 Å². The Kier molecular flexibility index (Phi) is 5.35. The van der Waals surface area contributed by atoms with Crippen LogP contribution in [0, 0.1) is 5.92 Å². The van der Waals surface area contributed by atoms with Gasteiger partial charge in [0.15, 0.2) is 5.78 Å². The SMILES string of the molecule is CC(C)CNCC(=O)C1=CC(NC(C)C)=NC1. The highest BCUT2D eigenvalue weighted by atomic mass is 16.1. The first-order chi connectivity index (χ1) is 7.99. The second kappa shape index (κ2) is 6.55. The van der Waals surface area contributed by atoms with Crippen LogP contribution in [0.4, 0.5) is 0 Å². The molecule has 0 saturated heterocycles. The van der Waals surface area contributed by atoms with Crippen LogP contribution in [0.25, 0.3) is 0 Å². The molecule has 4 heteroatoms. The fourth-order valence-corrected chi connectivity index (χ4v) is 1.57. The van der Waals surface area contributed by atoms with Crippen molar-refractivity contribution in [2.75, 3.05) is 19.6 Å². The second-order valence-corrected chi connectivity index (χ2v) is 5.12. The molecule has 2 N–H and O–H groups in total. The third kappa shape index (κ3) is 5.13. The molecule has 1 aliphatic heterocycles. The summed E-state index contributed by atoms with van der Waals surface area (Å²) in [6, 6.07) is 0.346. The van der Waals surface area contributed by atoms with Gasteiger partial charge in [-0.2, -0.15) is 0 Å². The molecule has 1 aliphatic rings. The van der Waals surface area contributed by atoms with E-state index in [0.717, 1.165) is 18.0 Å². The molecule has 0 fully saturated rings. The smallest absolute Gasteiger partial charge is 0.174 e. The second-order valence-electron chi connectivity index (χ2n) is 5.12. The average molecular weight is 237 g/mol. The van der Waals surface area contributed by atoms with Crippen LogP contribution in [0.5, 0.6) is 0 Å². The summed E-state index contributed by atoms with van der Waals surface area (Å²) in [5.41, 5.74) is 0.796. The summed E-state index contributed by atoms with van der Waals surface area (Å²) in [7, 11) is 0. The Bertz CT molecular complexity index is 330. The molecule has 17 heavy (non-hydrogen) atoms. The van der Waals surface area contributed by atoms with Gasteiger partial charge in [0, 0.05) is 11.6 Å². The third-order valence-corrected chi connectivity index (χ3v) is 2.36. The minimum atomic E-state index is 0.148. The minimum Gasteiger partial charge on any atom is -0.368 e. The highest BCUT2D eigenvalue weighted by Gasteiger charge is 2.15. The Hall–Kier alpha value is -1.16. The maximum Gasteiger partial charge on any atom is 0.174 e. The molecule has 96 valence electrons. The number of rotatable bonds is 6. The maximum atomic E-state index is 11.8. The van der Waals surface area contributed by atoms with E-state index in [-0.39, 0.29) is 5.78 Å². The molecule has 0 saturated carbocycles. The Morgan fingerprint density at radius 2 is 2.12 bits per heavy atom. The number of Topliss-reactive ketones (excluding diaryl/α,β-unsaturated/α-hetero) is 1. The van der Waals surface area contributed by atoms with Crippen molar-refractivity contribution >= 4 is 11.6 Å². The summed E-state index contributed by atoms with van der Waals surface area (Å²) >= 11 is 0. The Morgan fingerprint density at radius 3 is 2.71 bits per heavy atom. The largest absolute Gasteiger partial charge is 0.368 e. The predicted octanol–water partition coefficient (Wildman–Crippen LogP) is 1.14. The highest BCUT2D eigenvalue weighted by molar-refractivity contribution is 6.07. The van der Waals surface area contributed by atoms with Crippen molar-refractivity contribution in [3.8, 4) is 0 Å². The lowest BCUT2D eigenvalue weighted by atomic mass is 10.1. The van der Waals surface area contributed by atoms with E-state index in [2.05, 4.69) is 43.3 Å². The summed E-state index contributed by atoms with van der Waals surface area (Å²) in [6.07, 6.45) is 1.86. The van der Waals surface area contributed by atoms with E-state index in [4.69, 9.17) is 0 Å². The number of nitrogens with zero attached hydrogens (tertiary/aromatic N) is 1. The predicted molar refractivity (Wildman–Crippen MR) is 71.4 cm³/mol. The zero-order valence-electron chi connectivity index (χ0n) is 11.2. The molecule has 1 rings (SSSR count). The van der Waals surface area contributed by atoms with Crippen molar-refractivity contribution in [3.05, 3.63) is 11.6 Å². The van der Waals surface area contributed by atoms with Gasteiger partial charge in [-0.05, 0) is 32.4 Å². The summed E-state index contributed by atoms with van der Waals surface area (Å²) in [5.74, 6) is 1.54. The average Bonchev–Trinajstić information content (AvgIpc) is 2.64. The highest BCUT2D eigenvalue weighted by Crippen LogP contribution is 2.05. The molecule has 0 aromatic rings. The Balaban J connectivity index is 2.35. The molecule has 0 unspecified atom stereocenters. The van der Waals surface area contributed by atoms with Crippen LogP contribution >= 0.6 is 0 Å². The van der Waals surface area contributed by atoms with Crippen LogP contribution in [0.15, 0.2) is 16.6 Å². The standard InChI is InChI=1S/C13H23N3O/c1-9(2)6-14-8-12(17)11-5-13(15-7-11)16-10(3)4/h5,9-10,14H,6-8H2,1-4H3,(H,15,16). The van der Waals surface area contributed by atoms with E-state index in [0.29, 0.717) is 25.0 Å². The van der Waals surface area contributed by atoms with Gasteiger partial charge in [-0.3, -0.25) is 9.79 Å². The number of amidine groups is 1. The number of ketones is 1. The fraction of sp³-hybridized carbons (Fsp3) is 0.692. The van der Waals surface area contributed by atoms with Crippen molar-refractivity contribution in [2.45, 2.75) is 33.7 Å². The zero-order chi connectivity index (χ0) is 12.8. The van der Waals surface area contributed by atoms with Gasteiger partial charge < -0.3 is 10.6 Å². The molecule has 0 atom stereocenters. The Morgan fingerprint density at radius 1 is 1.41 bits per heavy atom. The van der Waals surface area contributed by atoms with Gasteiger partial charge in [0.25, 0.3) is 0 Å². The van der Waals surface area contributed by atoms with E-state index < -0.39 is 0 Å². The third-order valence-electron chi connectivity index (χ3n) is 2.36. The van der Waals surface area contributed by atoms with Crippen molar-refractivity contribution in [3.63, 3.8) is 0 Å². The van der Waals surface area contributed by atoms with Crippen LogP contribution in [-0.4, -0.2) is 37.3 Å². The lowest BCUT2D eigenvalue weighted by Crippen LogP contribution is -2.29. The topological polar surface area (TPSA) is 53.5 Å². The number of nitrogens with one attached hydrogen (secondary N) is 2. The number of carbonyl (C=O) groups is 1. The summed E-state index contributed by atoms with van der Waals surface area (Å²) in [6.45, 7) is 10.2. The minimum absolute atomic E-state index is 0.148. The molecule has 0 spiro atoms. The molecule has 4 nitrogen and oxygen atoms in total. The molecular weight excluding hydrogens is 214 g/mol. The maximum absolute atomic E-state index is 11.8. The number of aliphatic imine (C=N–C) groups is 1. The van der Waals surface area contributed by atoms with Gasteiger partial charge in [-0.1, -0.05) is 13.8 Å². The lowest BCUT2D eigenvalue weighted by molar-refractivity contribution is -0.114. The van der Waals surface area contributed by atoms with Gasteiger partial charge in [-0.15, -0.1) is 0 Å². The van der Waals surface area contributed by atoms with Crippen molar-refractivity contribution in [1.29, 1.82) is 0 Å². The quantitative estimate of drug-likeness (QED) is 0.728. The molecular formula is C13H23N3O. The summed E-state index contributed by atoms with van der Waals surface area (Å²) < 4.78 is 0. The normalized spacial score (nSPS) is 15.2. The van der Waals surface area contributed by atoms with Gasteiger partial charge in [0.1, 0.15) is 5.84 Å². The van der Waals surface area contributed by atoms with E-state index in [1.165, 1.54) is 0 Å². The number of carbonyl (C=O) groups excluding carboxylic acids is 1. The molecule has 1 heterocycles. The number of hydrogen-bond donors (Lipinski definition) is 2. The van der Waals surface area contributed by atoms with Crippen molar-refractivity contribution in [2.24, 2.45) is 10.9 Å².